The van der Waals surface area contributed by atoms with Gasteiger partial charge in [-0.25, -0.2) is 0 Å². The van der Waals surface area contributed by atoms with Gasteiger partial charge in [-0.15, -0.1) is 0 Å². The van der Waals surface area contributed by atoms with Crippen molar-refractivity contribution in [2.75, 3.05) is 28.4 Å². The van der Waals surface area contributed by atoms with Gasteiger partial charge in [0.1, 0.15) is 11.5 Å². The van der Waals surface area contributed by atoms with Gasteiger partial charge >= 0.3 is 11.9 Å². The van der Waals surface area contributed by atoms with Crippen LogP contribution in [0.4, 0.5) is 0 Å². The lowest BCUT2D eigenvalue weighted by molar-refractivity contribution is -0.143. The van der Waals surface area contributed by atoms with Crippen molar-refractivity contribution in [2.45, 2.75) is 24.7 Å². The third kappa shape index (κ3) is 5.49. The smallest absolute Gasteiger partial charge is 0.306 e. The zero-order chi connectivity index (χ0) is 20.5. The summed E-state index contributed by atoms with van der Waals surface area (Å²) in [4.78, 5) is 24.3. The molecular weight excluding hydrogens is 360 g/mol. The van der Waals surface area contributed by atoms with E-state index >= 15 is 0 Å². The van der Waals surface area contributed by atoms with Gasteiger partial charge in [0, 0.05) is 11.8 Å². The molecular formula is C22H26O6. The normalized spacial score (nSPS) is 12.6. The molecule has 0 saturated carbocycles. The van der Waals surface area contributed by atoms with Gasteiger partial charge in [-0.05, 0) is 35.4 Å². The Morgan fingerprint density at radius 2 is 1.11 bits per heavy atom. The highest BCUT2D eigenvalue weighted by molar-refractivity contribution is 5.73. The van der Waals surface area contributed by atoms with E-state index in [4.69, 9.17) is 18.9 Å². The fourth-order valence-corrected chi connectivity index (χ4v) is 3.25. The molecule has 0 aliphatic heterocycles. The largest absolute Gasteiger partial charge is 0.497 e. The lowest BCUT2D eigenvalue weighted by atomic mass is 9.77. The molecule has 150 valence electrons. The van der Waals surface area contributed by atoms with Crippen LogP contribution >= 0.6 is 0 Å². The summed E-state index contributed by atoms with van der Waals surface area (Å²) >= 11 is 0. The van der Waals surface area contributed by atoms with Gasteiger partial charge < -0.3 is 18.9 Å². The van der Waals surface area contributed by atoms with Crippen molar-refractivity contribution in [2.24, 2.45) is 0 Å². The Hall–Kier alpha value is -3.02. The van der Waals surface area contributed by atoms with Gasteiger partial charge in [-0.1, -0.05) is 24.3 Å². The number of rotatable bonds is 9. The van der Waals surface area contributed by atoms with Gasteiger partial charge in [0.25, 0.3) is 0 Å². The Labute approximate surface area is 165 Å². The number of esters is 2. The molecule has 2 rings (SSSR count). The predicted molar refractivity (Wildman–Crippen MR) is 105 cm³/mol. The first-order chi connectivity index (χ1) is 13.5. The molecule has 0 saturated heterocycles. The molecule has 28 heavy (non-hydrogen) atoms. The number of hydrogen-bond acceptors (Lipinski definition) is 6. The zero-order valence-corrected chi connectivity index (χ0v) is 16.6. The maximum Gasteiger partial charge on any atom is 0.306 e. The third-order valence-corrected chi connectivity index (χ3v) is 4.76. The van der Waals surface area contributed by atoms with E-state index in [9.17, 15) is 9.59 Å². The van der Waals surface area contributed by atoms with E-state index < -0.39 is 0 Å². The summed E-state index contributed by atoms with van der Waals surface area (Å²) in [5.41, 5.74) is 1.75. The van der Waals surface area contributed by atoms with Crippen molar-refractivity contribution in [1.29, 1.82) is 0 Å². The molecule has 2 aromatic carbocycles. The minimum absolute atomic E-state index is 0.114. The van der Waals surface area contributed by atoms with Crippen LogP contribution in [0.3, 0.4) is 0 Å². The Morgan fingerprint density at radius 3 is 1.43 bits per heavy atom. The average molecular weight is 386 g/mol. The minimum atomic E-state index is -0.356. The predicted octanol–water partition coefficient (Wildman–Crippen LogP) is 3.70. The van der Waals surface area contributed by atoms with Crippen molar-refractivity contribution in [3.8, 4) is 11.5 Å². The molecule has 0 unspecified atom stereocenters. The molecule has 0 N–H and O–H groups in total. The molecule has 2 atom stereocenters. The Kier molecular flexibility index (Phi) is 7.87. The van der Waals surface area contributed by atoms with E-state index in [0.29, 0.717) is 11.5 Å². The van der Waals surface area contributed by atoms with Crippen molar-refractivity contribution in [3.05, 3.63) is 59.7 Å². The first-order valence-electron chi connectivity index (χ1n) is 8.93. The molecule has 0 bridgehead atoms. The number of methoxy groups -OCH3 is 4. The Balaban J connectivity index is 2.55. The first kappa shape index (κ1) is 21.3. The SMILES string of the molecule is COC(=O)C[C@H](c1cccc(OC)c1)[C@@H](CC(=O)OC)c1cccc(OC)c1. The van der Waals surface area contributed by atoms with Crippen LogP contribution in [0.5, 0.6) is 11.5 Å². The molecule has 6 heteroatoms. The molecule has 0 fully saturated rings. The van der Waals surface area contributed by atoms with Gasteiger partial charge in [0.05, 0.1) is 41.3 Å². The summed E-state index contributed by atoms with van der Waals surface area (Å²) in [7, 11) is 5.88. The van der Waals surface area contributed by atoms with E-state index in [2.05, 4.69) is 0 Å². The van der Waals surface area contributed by atoms with Crippen LogP contribution in [0, 0.1) is 0 Å². The molecule has 6 nitrogen and oxygen atoms in total. The summed E-state index contributed by atoms with van der Waals surface area (Å²) in [5, 5.41) is 0. The fraction of sp³-hybridized carbons (Fsp3) is 0.364. The Morgan fingerprint density at radius 1 is 0.714 bits per heavy atom. The topological polar surface area (TPSA) is 71.1 Å². The summed E-state index contributed by atoms with van der Waals surface area (Å²) in [6.07, 6.45) is 0.227. The molecule has 0 aliphatic carbocycles. The lowest BCUT2D eigenvalue weighted by Crippen LogP contribution is -2.20. The van der Waals surface area contributed by atoms with Gasteiger partial charge in [0.2, 0.25) is 0 Å². The molecule has 0 radical (unpaired) electrons. The summed E-state index contributed by atoms with van der Waals surface area (Å²) in [6.45, 7) is 0. The molecule has 0 aromatic heterocycles. The number of benzene rings is 2. The van der Waals surface area contributed by atoms with Gasteiger partial charge in [0.15, 0.2) is 0 Å². The van der Waals surface area contributed by atoms with Crippen LogP contribution in [0.15, 0.2) is 48.5 Å². The highest BCUT2D eigenvalue weighted by Gasteiger charge is 2.30. The van der Waals surface area contributed by atoms with E-state index in [0.717, 1.165) is 11.1 Å². The summed E-state index contributed by atoms with van der Waals surface area (Å²) < 4.78 is 20.5. The van der Waals surface area contributed by atoms with Crippen LogP contribution in [0.2, 0.25) is 0 Å². The van der Waals surface area contributed by atoms with E-state index in [-0.39, 0.29) is 36.6 Å². The number of ether oxygens (including phenoxy) is 4. The second kappa shape index (κ2) is 10.3. The van der Waals surface area contributed by atoms with E-state index in [1.54, 1.807) is 14.2 Å². The molecule has 0 aliphatic rings. The first-order valence-corrected chi connectivity index (χ1v) is 8.93. The third-order valence-electron chi connectivity index (χ3n) is 4.76. The van der Waals surface area contributed by atoms with E-state index in [1.165, 1.54) is 14.2 Å². The number of hydrogen-bond donors (Lipinski definition) is 0. The molecule has 2 aromatic rings. The monoisotopic (exact) mass is 386 g/mol. The standard InChI is InChI=1S/C22H26O6/c1-25-17-9-5-7-15(11-17)19(13-21(23)27-3)20(14-22(24)28-4)16-8-6-10-18(12-16)26-2/h5-12,19-20H,13-14H2,1-4H3/t19-,20+. The lowest BCUT2D eigenvalue weighted by Gasteiger charge is -2.27. The maximum absolute atomic E-state index is 12.2. The number of carbonyl (C=O) groups excluding carboxylic acids is 2. The van der Waals surface area contributed by atoms with Gasteiger partial charge in [-0.2, -0.15) is 0 Å². The van der Waals surface area contributed by atoms with Crippen molar-refractivity contribution >= 4 is 11.9 Å². The highest BCUT2D eigenvalue weighted by Crippen LogP contribution is 2.40. The van der Waals surface area contributed by atoms with Crippen LogP contribution in [-0.4, -0.2) is 40.4 Å². The van der Waals surface area contributed by atoms with Crippen molar-refractivity contribution in [1.82, 2.24) is 0 Å². The second-order valence-electron chi connectivity index (χ2n) is 6.33. The van der Waals surface area contributed by atoms with E-state index in [1.807, 2.05) is 48.5 Å². The zero-order valence-electron chi connectivity index (χ0n) is 16.6. The van der Waals surface area contributed by atoms with Crippen LogP contribution in [0.1, 0.15) is 35.8 Å². The fourth-order valence-electron chi connectivity index (χ4n) is 3.25. The molecule has 0 spiro atoms. The molecule has 0 heterocycles. The minimum Gasteiger partial charge on any atom is -0.497 e. The quantitative estimate of drug-likeness (QED) is 0.612. The van der Waals surface area contributed by atoms with Crippen LogP contribution in [0.25, 0.3) is 0 Å². The summed E-state index contributed by atoms with van der Waals surface area (Å²) in [6, 6.07) is 15.0. The molecule has 0 amide bonds. The maximum atomic E-state index is 12.2. The Bertz CT molecular complexity index is 734. The van der Waals surface area contributed by atoms with Gasteiger partial charge in [-0.3, -0.25) is 9.59 Å². The number of carbonyl (C=O) groups is 2. The second-order valence-corrected chi connectivity index (χ2v) is 6.33. The highest BCUT2D eigenvalue weighted by atomic mass is 16.5. The van der Waals surface area contributed by atoms with Crippen molar-refractivity contribution < 1.29 is 28.5 Å². The van der Waals surface area contributed by atoms with Crippen molar-refractivity contribution in [3.63, 3.8) is 0 Å². The average Bonchev–Trinajstić information content (AvgIpc) is 2.75. The summed E-state index contributed by atoms with van der Waals surface area (Å²) in [5.74, 6) is 0.0170. The van der Waals surface area contributed by atoms with Crippen LogP contribution < -0.4 is 9.47 Å². The van der Waals surface area contributed by atoms with Crippen LogP contribution in [-0.2, 0) is 19.1 Å².